The molecule has 0 aromatic carbocycles. The van der Waals surface area contributed by atoms with Crippen molar-refractivity contribution in [2.45, 2.75) is 13.3 Å². The van der Waals surface area contributed by atoms with E-state index < -0.39 is 27.5 Å². The van der Waals surface area contributed by atoms with Gasteiger partial charge in [-0.3, -0.25) is 4.57 Å². The monoisotopic (exact) mass is 324 g/mol. The van der Waals surface area contributed by atoms with Gasteiger partial charge in [0.2, 0.25) is 7.37 Å². The molecule has 0 aromatic heterocycles. The summed E-state index contributed by atoms with van der Waals surface area (Å²) in [4.78, 5) is 29.7. The summed E-state index contributed by atoms with van der Waals surface area (Å²) >= 11 is 0. The maximum atomic E-state index is 11.2. The summed E-state index contributed by atoms with van der Waals surface area (Å²) in [5, 5.41) is 10.3. The van der Waals surface area contributed by atoms with Crippen LogP contribution in [-0.4, -0.2) is 23.6 Å². The first-order valence-electron chi connectivity index (χ1n) is 4.22. The van der Waals surface area contributed by atoms with Gasteiger partial charge in [-0.05, 0) is 13.3 Å². The van der Waals surface area contributed by atoms with Crippen LogP contribution >= 0.6 is 15.0 Å². The van der Waals surface area contributed by atoms with Crippen LogP contribution in [0.15, 0.2) is 11.6 Å². The van der Waals surface area contributed by atoms with E-state index in [4.69, 9.17) is 4.89 Å². The molecule has 0 saturated carbocycles. The zero-order chi connectivity index (χ0) is 12.1. The van der Waals surface area contributed by atoms with Crippen LogP contribution in [-0.2, 0) is 9.13 Å². The summed E-state index contributed by atoms with van der Waals surface area (Å²) in [7, 11) is -8.87. The fourth-order valence-corrected chi connectivity index (χ4v) is 4.18. The van der Waals surface area contributed by atoms with Crippen LogP contribution in [0.2, 0.25) is 0 Å². The molecule has 0 aliphatic carbocycles. The first-order chi connectivity index (χ1) is 6.66. The number of allylic oxidation sites excluding steroid dienone is 1. The largest absolute Gasteiger partial charge is 1.00 e. The molecule has 0 rings (SSSR count). The summed E-state index contributed by atoms with van der Waals surface area (Å²) in [5.41, 5.74) is 0.516. The van der Waals surface area contributed by atoms with Crippen molar-refractivity contribution >= 4 is 15.0 Å². The number of rotatable bonds is 6. The molecule has 90 valence electrons. The van der Waals surface area contributed by atoms with Gasteiger partial charge in [0.15, 0.2) is 0 Å². The van der Waals surface area contributed by atoms with E-state index in [0.717, 1.165) is 0 Å². The molecule has 18 heavy (non-hydrogen) atoms. The Morgan fingerprint density at radius 1 is 1.22 bits per heavy atom. The van der Waals surface area contributed by atoms with Gasteiger partial charge >= 0.3 is 88.7 Å². The molecular formula is C7H13Na3O6P2. The summed E-state index contributed by atoms with van der Waals surface area (Å²) in [6, 6.07) is 0. The Labute approximate surface area is 173 Å². The van der Waals surface area contributed by atoms with Crippen molar-refractivity contribution in [3.63, 3.8) is 0 Å². The van der Waals surface area contributed by atoms with E-state index in [-0.39, 0.29) is 101 Å². The molecule has 6 nitrogen and oxygen atoms in total. The molecule has 1 atom stereocenters. The standard InChI is InChI=1S/C7H15O6P2.3Na/c1-7(5-8)3-2-4-14(9,10)6-15(11,12)13;;;/h3H,2,4-6H2,1H3,(H,9,10)(H2,11,12,13);;;/q-1;3*+1/p-2/b7-3+;;;. The van der Waals surface area contributed by atoms with E-state index in [1.807, 2.05) is 0 Å². The van der Waals surface area contributed by atoms with Crippen LogP contribution in [0.25, 0.3) is 0 Å². The minimum absolute atomic E-state index is 0. The Morgan fingerprint density at radius 3 is 2.00 bits per heavy atom. The van der Waals surface area contributed by atoms with Gasteiger partial charge in [0.05, 0.1) is 5.90 Å². The van der Waals surface area contributed by atoms with E-state index in [1.165, 1.54) is 6.08 Å². The minimum atomic E-state index is -4.95. The van der Waals surface area contributed by atoms with Crippen LogP contribution in [0, 0.1) is 0 Å². The van der Waals surface area contributed by atoms with E-state index in [2.05, 4.69) is 0 Å². The predicted octanol–water partition coefficient (Wildman–Crippen LogP) is -10.2. The molecule has 0 aliphatic rings. The summed E-state index contributed by atoms with van der Waals surface area (Å²) in [6.07, 6.45) is 1.30. The Balaban J connectivity index is -0.000000327. The van der Waals surface area contributed by atoms with Gasteiger partial charge in [-0.15, -0.1) is 6.61 Å². The summed E-state index contributed by atoms with van der Waals surface area (Å²) in [5.74, 6) is -1.22. The molecule has 0 amide bonds. The first-order valence-corrected chi connectivity index (χ1v) is 7.98. The zero-order valence-corrected chi connectivity index (χ0v) is 19.1. The average Bonchev–Trinajstić information content (AvgIpc) is 1.98. The third-order valence-electron chi connectivity index (χ3n) is 1.59. The van der Waals surface area contributed by atoms with Crippen molar-refractivity contribution in [2.24, 2.45) is 0 Å². The van der Waals surface area contributed by atoms with Gasteiger partial charge in [0, 0.05) is 6.16 Å². The van der Waals surface area contributed by atoms with Gasteiger partial charge in [0.1, 0.15) is 0 Å². The molecule has 0 aliphatic heterocycles. The first kappa shape index (κ1) is 29.1. The topological polar surface area (TPSA) is 124 Å². The quantitative estimate of drug-likeness (QED) is 0.294. The van der Waals surface area contributed by atoms with E-state index in [9.17, 15) is 24.0 Å². The second-order valence-corrected chi connectivity index (χ2v) is 7.80. The van der Waals surface area contributed by atoms with Crippen LogP contribution in [0.4, 0.5) is 0 Å². The summed E-state index contributed by atoms with van der Waals surface area (Å²) in [6.45, 7) is 1.17. The molecule has 1 unspecified atom stereocenters. The van der Waals surface area contributed by atoms with Crippen LogP contribution < -0.4 is 104 Å². The summed E-state index contributed by atoms with van der Waals surface area (Å²) < 4.78 is 21.4. The maximum absolute atomic E-state index is 11.2. The molecule has 0 heterocycles. The maximum Gasteiger partial charge on any atom is 1.00 e. The Morgan fingerprint density at radius 2 is 1.67 bits per heavy atom. The van der Waals surface area contributed by atoms with Crippen molar-refractivity contribution in [1.29, 1.82) is 0 Å². The second-order valence-electron chi connectivity index (χ2n) is 3.31. The number of hydrogen-bond donors (Lipinski definition) is 1. The molecule has 11 heteroatoms. The average molecular weight is 324 g/mol. The number of hydrogen-bond acceptors (Lipinski definition) is 5. The van der Waals surface area contributed by atoms with Gasteiger partial charge in [-0.1, -0.05) is 19.2 Å². The molecule has 0 bridgehead atoms. The van der Waals surface area contributed by atoms with Crippen LogP contribution in [0.3, 0.4) is 0 Å². The Kier molecular flexibility index (Phi) is 22.1. The van der Waals surface area contributed by atoms with E-state index >= 15 is 0 Å². The SMILES string of the molecule is C/C(=C\CCP(=O)(O)CP(=O)([O-])[O-])C[O-].[Na+].[Na+].[Na+]. The van der Waals surface area contributed by atoms with E-state index in [0.29, 0.717) is 5.57 Å². The molecule has 0 saturated heterocycles. The van der Waals surface area contributed by atoms with Crippen molar-refractivity contribution in [1.82, 2.24) is 0 Å². The van der Waals surface area contributed by atoms with Crippen LogP contribution in [0.1, 0.15) is 13.3 Å². The fourth-order valence-electron chi connectivity index (χ4n) is 0.913. The van der Waals surface area contributed by atoms with Gasteiger partial charge in [-0.25, -0.2) is 0 Å². The van der Waals surface area contributed by atoms with Crippen molar-refractivity contribution in [3.8, 4) is 0 Å². The third kappa shape index (κ3) is 19.0. The Hall–Kier alpha value is 3.04. The predicted molar refractivity (Wildman–Crippen MR) is 50.4 cm³/mol. The van der Waals surface area contributed by atoms with Gasteiger partial charge in [-0.2, -0.15) is 0 Å². The smallest absolute Gasteiger partial charge is 0.851 e. The fraction of sp³-hybridized carbons (Fsp3) is 0.714. The van der Waals surface area contributed by atoms with E-state index in [1.54, 1.807) is 6.92 Å². The van der Waals surface area contributed by atoms with Gasteiger partial charge < -0.3 is 24.4 Å². The van der Waals surface area contributed by atoms with Crippen molar-refractivity contribution in [3.05, 3.63) is 11.6 Å². The minimum Gasteiger partial charge on any atom is -0.851 e. The molecule has 0 fully saturated rings. The van der Waals surface area contributed by atoms with Crippen LogP contribution in [0.5, 0.6) is 0 Å². The Bertz CT molecular complexity index is 329. The third-order valence-corrected chi connectivity index (χ3v) is 5.70. The zero-order valence-electron chi connectivity index (χ0n) is 11.3. The van der Waals surface area contributed by atoms with Crippen molar-refractivity contribution in [2.75, 3.05) is 18.7 Å². The van der Waals surface area contributed by atoms with Crippen molar-refractivity contribution < 1.29 is 118 Å². The molecule has 1 N–H and O–H groups in total. The normalized spacial score (nSPS) is 14.6. The molecule has 0 spiro atoms. The molecular weight excluding hydrogens is 311 g/mol. The second kappa shape index (κ2) is 13.7. The van der Waals surface area contributed by atoms with Gasteiger partial charge in [0.25, 0.3) is 0 Å². The molecule has 0 aromatic rings. The molecule has 0 radical (unpaired) electrons.